The summed E-state index contributed by atoms with van der Waals surface area (Å²) >= 11 is 0. The third-order valence-electron chi connectivity index (χ3n) is 5.69. The fraction of sp³-hybridized carbons (Fsp3) is 0.400. The van der Waals surface area contributed by atoms with Gasteiger partial charge < -0.3 is 10.1 Å². The van der Waals surface area contributed by atoms with Crippen LogP contribution in [0.3, 0.4) is 0 Å². The number of hydrogen-bond acceptors (Lipinski definition) is 5. The molecule has 6 rings (SSSR count). The molecule has 0 saturated carbocycles. The number of benzene rings is 1. The molecule has 3 fully saturated rings. The van der Waals surface area contributed by atoms with Crippen LogP contribution in [0.1, 0.15) is 12.8 Å². The highest BCUT2D eigenvalue weighted by molar-refractivity contribution is 5.91. The van der Waals surface area contributed by atoms with Gasteiger partial charge in [-0.05, 0) is 38.1 Å². The molecule has 1 aromatic heterocycles. The Labute approximate surface area is 147 Å². The van der Waals surface area contributed by atoms with E-state index < -0.39 is 0 Å². The monoisotopic (exact) mass is 334 g/mol. The standard InChI is InChI=1S/C20H22N4O/c1-2-4-15(5-3-1)18-12-17(6-9-21-18)23-19-22-13-20(25-19)14-24-10-7-16(20)8-11-24/h1-6,9,12,16H,7-8,10-11,13-14H2,(H,21,22,23)/t20-/m0/s1. The molecule has 3 saturated heterocycles. The third kappa shape index (κ3) is 2.68. The van der Waals surface area contributed by atoms with Gasteiger partial charge >= 0.3 is 0 Å². The van der Waals surface area contributed by atoms with Crippen molar-refractivity contribution < 1.29 is 4.74 Å². The summed E-state index contributed by atoms with van der Waals surface area (Å²) < 4.78 is 6.35. The highest BCUT2D eigenvalue weighted by Crippen LogP contribution is 2.40. The number of aromatic nitrogens is 1. The van der Waals surface area contributed by atoms with Crippen molar-refractivity contribution in [1.29, 1.82) is 0 Å². The molecule has 0 unspecified atom stereocenters. The average molecular weight is 334 g/mol. The Morgan fingerprint density at radius 1 is 1.12 bits per heavy atom. The summed E-state index contributed by atoms with van der Waals surface area (Å²) in [5, 5.41) is 3.35. The van der Waals surface area contributed by atoms with Crippen LogP contribution in [0.2, 0.25) is 0 Å². The van der Waals surface area contributed by atoms with Gasteiger partial charge in [0.15, 0.2) is 0 Å². The van der Waals surface area contributed by atoms with E-state index in [0.717, 1.165) is 30.0 Å². The van der Waals surface area contributed by atoms with E-state index in [2.05, 4.69) is 32.3 Å². The maximum atomic E-state index is 6.35. The molecule has 1 N–H and O–H groups in total. The minimum absolute atomic E-state index is 0.103. The zero-order valence-electron chi connectivity index (χ0n) is 14.2. The molecule has 5 heteroatoms. The summed E-state index contributed by atoms with van der Waals surface area (Å²) in [7, 11) is 0. The van der Waals surface area contributed by atoms with Gasteiger partial charge in [-0.2, -0.15) is 0 Å². The molecule has 5 nitrogen and oxygen atoms in total. The maximum absolute atomic E-state index is 6.35. The topological polar surface area (TPSA) is 49.8 Å². The first-order valence-electron chi connectivity index (χ1n) is 9.05. The maximum Gasteiger partial charge on any atom is 0.290 e. The van der Waals surface area contributed by atoms with E-state index in [1.165, 1.54) is 25.9 Å². The van der Waals surface area contributed by atoms with E-state index in [-0.39, 0.29) is 5.60 Å². The Hall–Kier alpha value is -2.40. The number of anilines is 1. The van der Waals surface area contributed by atoms with Gasteiger partial charge in [-0.1, -0.05) is 30.3 Å². The van der Waals surface area contributed by atoms with Crippen molar-refractivity contribution in [3.05, 3.63) is 48.7 Å². The number of nitrogens with zero attached hydrogens (tertiary/aromatic N) is 3. The molecule has 1 aromatic carbocycles. The quantitative estimate of drug-likeness (QED) is 0.917. The third-order valence-corrected chi connectivity index (χ3v) is 5.69. The SMILES string of the molecule is c1ccc(-c2cc(NC3=NC[C@@]4(CN5CCC4CC5)O3)ccn2)cc1. The molecule has 1 atom stereocenters. The van der Waals surface area contributed by atoms with Crippen molar-refractivity contribution >= 4 is 11.7 Å². The first kappa shape index (κ1) is 14.9. The lowest BCUT2D eigenvalue weighted by atomic mass is 9.75. The summed E-state index contributed by atoms with van der Waals surface area (Å²) in [4.78, 5) is 11.6. The van der Waals surface area contributed by atoms with Crippen molar-refractivity contribution in [2.75, 3.05) is 31.5 Å². The summed E-state index contributed by atoms with van der Waals surface area (Å²) in [6.07, 6.45) is 4.29. The van der Waals surface area contributed by atoms with Crippen molar-refractivity contribution in [2.24, 2.45) is 10.9 Å². The lowest BCUT2D eigenvalue weighted by Gasteiger charge is -2.50. The molecule has 0 radical (unpaired) electrons. The summed E-state index contributed by atoms with van der Waals surface area (Å²) in [5.41, 5.74) is 2.91. The van der Waals surface area contributed by atoms with Crippen LogP contribution in [-0.2, 0) is 4.74 Å². The van der Waals surface area contributed by atoms with E-state index in [4.69, 9.17) is 4.74 Å². The molecular weight excluding hydrogens is 312 g/mol. The number of amidine groups is 1. The van der Waals surface area contributed by atoms with Crippen LogP contribution in [0.4, 0.5) is 5.69 Å². The Kier molecular flexibility index (Phi) is 3.48. The van der Waals surface area contributed by atoms with E-state index in [1.54, 1.807) is 0 Å². The molecular formula is C20H22N4O. The molecule has 4 aliphatic rings. The van der Waals surface area contributed by atoms with E-state index in [1.807, 2.05) is 36.5 Å². The first-order chi connectivity index (χ1) is 12.3. The Balaban J connectivity index is 1.32. The lowest BCUT2D eigenvalue weighted by molar-refractivity contribution is -0.0829. The summed E-state index contributed by atoms with van der Waals surface area (Å²) in [5.74, 6) is 0.637. The van der Waals surface area contributed by atoms with Crippen molar-refractivity contribution in [3.8, 4) is 11.3 Å². The van der Waals surface area contributed by atoms with Crippen LogP contribution >= 0.6 is 0 Å². The van der Waals surface area contributed by atoms with E-state index >= 15 is 0 Å². The minimum Gasteiger partial charge on any atom is -0.455 e. The lowest BCUT2D eigenvalue weighted by Crippen LogP contribution is -2.61. The average Bonchev–Trinajstić information content (AvgIpc) is 3.05. The van der Waals surface area contributed by atoms with Crippen LogP contribution in [0.5, 0.6) is 0 Å². The van der Waals surface area contributed by atoms with Gasteiger partial charge in [0.05, 0.1) is 12.2 Å². The van der Waals surface area contributed by atoms with Crippen molar-refractivity contribution in [2.45, 2.75) is 18.4 Å². The number of piperidine rings is 3. The largest absolute Gasteiger partial charge is 0.455 e. The molecule has 25 heavy (non-hydrogen) atoms. The van der Waals surface area contributed by atoms with Crippen molar-refractivity contribution in [1.82, 2.24) is 9.88 Å². The molecule has 4 aliphatic heterocycles. The number of pyridine rings is 1. The number of rotatable bonds is 2. The van der Waals surface area contributed by atoms with Crippen LogP contribution in [0.15, 0.2) is 53.7 Å². The molecule has 2 bridgehead atoms. The molecule has 1 spiro atoms. The van der Waals surface area contributed by atoms with Crippen LogP contribution < -0.4 is 5.32 Å². The fourth-order valence-corrected chi connectivity index (χ4v) is 4.35. The minimum atomic E-state index is -0.103. The van der Waals surface area contributed by atoms with E-state index in [9.17, 15) is 0 Å². The van der Waals surface area contributed by atoms with Gasteiger partial charge in [-0.15, -0.1) is 0 Å². The van der Waals surface area contributed by atoms with Crippen LogP contribution in [-0.4, -0.2) is 47.7 Å². The second-order valence-corrected chi connectivity index (χ2v) is 7.26. The summed E-state index contributed by atoms with van der Waals surface area (Å²) in [6.45, 7) is 4.21. The number of hydrogen-bond donors (Lipinski definition) is 1. The number of fused-ring (bicyclic) bond motifs is 2. The van der Waals surface area contributed by atoms with Gasteiger partial charge in [-0.25, -0.2) is 4.99 Å². The zero-order chi connectivity index (χ0) is 16.7. The second-order valence-electron chi connectivity index (χ2n) is 7.26. The molecule has 0 aliphatic carbocycles. The van der Waals surface area contributed by atoms with Gasteiger partial charge in [0.25, 0.3) is 6.02 Å². The summed E-state index contributed by atoms with van der Waals surface area (Å²) in [6, 6.07) is 14.9. The molecule has 2 aromatic rings. The smallest absolute Gasteiger partial charge is 0.290 e. The van der Waals surface area contributed by atoms with Crippen LogP contribution in [0, 0.1) is 5.92 Å². The van der Waals surface area contributed by atoms with Gasteiger partial charge in [0.1, 0.15) is 5.60 Å². The van der Waals surface area contributed by atoms with Gasteiger partial charge in [0, 0.05) is 29.9 Å². The van der Waals surface area contributed by atoms with Gasteiger partial charge in [-0.3, -0.25) is 9.88 Å². The molecule has 0 amide bonds. The Bertz CT molecular complexity index is 798. The Morgan fingerprint density at radius 2 is 1.96 bits per heavy atom. The Morgan fingerprint density at radius 3 is 2.72 bits per heavy atom. The number of aliphatic imine (C=N–C) groups is 1. The van der Waals surface area contributed by atoms with Crippen molar-refractivity contribution in [3.63, 3.8) is 0 Å². The highest BCUT2D eigenvalue weighted by Gasteiger charge is 2.51. The molecule has 128 valence electrons. The van der Waals surface area contributed by atoms with Gasteiger partial charge in [0.2, 0.25) is 0 Å². The predicted octanol–water partition coefficient (Wildman–Crippen LogP) is 3.01. The predicted molar refractivity (Wildman–Crippen MR) is 98.6 cm³/mol. The second kappa shape index (κ2) is 5.85. The normalized spacial score (nSPS) is 30.2. The first-order valence-corrected chi connectivity index (χ1v) is 9.05. The fourth-order valence-electron chi connectivity index (χ4n) is 4.35. The van der Waals surface area contributed by atoms with E-state index in [0.29, 0.717) is 11.9 Å². The highest BCUT2D eigenvalue weighted by atomic mass is 16.5. The number of ether oxygens (including phenoxy) is 1. The molecule has 5 heterocycles. The number of nitrogens with one attached hydrogen (secondary N) is 1. The van der Waals surface area contributed by atoms with Crippen LogP contribution in [0.25, 0.3) is 11.3 Å². The zero-order valence-corrected chi connectivity index (χ0v) is 14.2.